The number of esters is 1. The molecule has 1 aromatic rings. The molecule has 0 aliphatic carbocycles. The average Bonchev–Trinajstić information content (AvgIpc) is 2.74. The number of methoxy groups -OCH3 is 1. The topological polar surface area (TPSA) is 53.3 Å². The normalized spacial score (nSPS) is 14.7. The number of anilines is 1. The van der Waals surface area contributed by atoms with Gasteiger partial charge in [-0.25, -0.2) is 4.79 Å². The van der Waals surface area contributed by atoms with Crippen molar-refractivity contribution in [2.24, 2.45) is 0 Å². The minimum atomic E-state index is -0.618. The van der Waals surface area contributed by atoms with Crippen LogP contribution in [0.5, 0.6) is 0 Å². The predicted octanol–water partition coefficient (Wildman–Crippen LogP) is 5.78. The summed E-state index contributed by atoms with van der Waals surface area (Å²) in [5.74, 6) is -0.618. The summed E-state index contributed by atoms with van der Waals surface area (Å²) >= 11 is 0. The van der Waals surface area contributed by atoms with Crippen LogP contribution in [0.2, 0.25) is 0 Å². The number of nitrogens with zero attached hydrogens (tertiary/aromatic N) is 2. The molecular formula is C24H30N2O2. The molecule has 4 nitrogen and oxygen atoms in total. The Bertz CT molecular complexity index is 784. The Labute approximate surface area is 168 Å². The molecule has 0 saturated heterocycles. The first-order valence-corrected chi connectivity index (χ1v) is 10.2. The summed E-state index contributed by atoms with van der Waals surface area (Å²) in [6.45, 7) is 3.24. The molecule has 0 fully saturated rings. The number of rotatable bonds is 10. The molecule has 0 saturated carbocycles. The molecule has 1 heterocycles. The second-order valence-electron chi connectivity index (χ2n) is 6.95. The molecule has 0 N–H and O–H groups in total. The summed E-state index contributed by atoms with van der Waals surface area (Å²) in [7, 11) is 1.28. The maximum absolute atomic E-state index is 11.6. The Balaban J connectivity index is 2.04. The monoisotopic (exact) mass is 378 g/mol. The van der Waals surface area contributed by atoms with Gasteiger partial charge < -0.3 is 9.64 Å². The van der Waals surface area contributed by atoms with Gasteiger partial charge in [-0.05, 0) is 30.2 Å². The lowest BCUT2D eigenvalue weighted by Gasteiger charge is -2.27. The number of hydrogen-bond acceptors (Lipinski definition) is 4. The van der Waals surface area contributed by atoms with Crippen LogP contribution < -0.4 is 4.90 Å². The molecule has 2 rings (SSSR count). The number of carbonyl (C=O) groups excluding carboxylic acids is 1. The number of unbranched alkanes of at least 4 members (excludes halogenated alkanes) is 6. The lowest BCUT2D eigenvalue weighted by atomic mass is 9.98. The lowest BCUT2D eigenvalue weighted by Crippen LogP contribution is -2.21. The molecule has 0 spiro atoms. The van der Waals surface area contributed by atoms with E-state index >= 15 is 0 Å². The van der Waals surface area contributed by atoms with E-state index in [9.17, 15) is 4.79 Å². The third-order valence-corrected chi connectivity index (χ3v) is 4.92. The Morgan fingerprint density at radius 1 is 1.14 bits per heavy atom. The number of para-hydroxylation sites is 1. The SMILES string of the molecule is CCCCCCCCCN1C=CC(=CC=C(C#N)C(=O)OC)c2ccccc21. The first-order chi connectivity index (χ1) is 13.7. The fraction of sp³-hybridized carbons (Fsp3) is 0.417. The van der Waals surface area contributed by atoms with E-state index in [-0.39, 0.29) is 5.57 Å². The molecule has 0 aromatic heterocycles. The summed E-state index contributed by atoms with van der Waals surface area (Å²) in [6, 6.07) is 10.1. The average molecular weight is 379 g/mol. The van der Waals surface area contributed by atoms with Gasteiger partial charge >= 0.3 is 5.97 Å². The highest BCUT2D eigenvalue weighted by Gasteiger charge is 2.15. The first-order valence-electron chi connectivity index (χ1n) is 10.2. The second kappa shape index (κ2) is 11.8. The molecule has 1 aliphatic rings. The fourth-order valence-electron chi connectivity index (χ4n) is 3.32. The van der Waals surface area contributed by atoms with Gasteiger partial charge in [0.1, 0.15) is 11.6 Å². The minimum Gasteiger partial charge on any atom is -0.465 e. The van der Waals surface area contributed by atoms with Crippen molar-refractivity contribution in [3.63, 3.8) is 0 Å². The van der Waals surface area contributed by atoms with Gasteiger partial charge in [-0.3, -0.25) is 0 Å². The second-order valence-corrected chi connectivity index (χ2v) is 6.95. The molecule has 1 aliphatic heterocycles. The third kappa shape index (κ3) is 6.13. The van der Waals surface area contributed by atoms with Crippen LogP contribution in [0.4, 0.5) is 5.69 Å². The van der Waals surface area contributed by atoms with E-state index in [1.54, 1.807) is 6.08 Å². The van der Waals surface area contributed by atoms with Crippen LogP contribution >= 0.6 is 0 Å². The van der Waals surface area contributed by atoms with E-state index in [0.29, 0.717) is 0 Å². The van der Waals surface area contributed by atoms with Crippen molar-refractivity contribution in [2.75, 3.05) is 18.6 Å². The van der Waals surface area contributed by atoms with Crippen molar-refractivity contribution >= 4 is 17.2 Å². The Kier molecular flexibility index (Phi) is 9.07. The van der Waals surface area contributed by atoms with Crippen molar-refractivity contribution in [1.82, 2.24) is 0 Å². The first kappa shape index (κ1) is 21.5. The fourth-order valence-corrected chi connectivity index (χ4v) is 3.32. The van der Waals surface area contributed by atoms with Crippen LogP contribution in [-0.4, -0.2) is 19.6 Å². The van der Waals surface area contributed by atoms with Gasteiger partial charge in [0, 0.05) is 24.0 Å². The zero-order valence-corrected chi connectivity index (χ0v) is 17.0. The van der Waals surface area contributed by atoms with Gasteiger partial charge in [-0.15, -0.1) is 0 Å². The number of benzene rings is 1. The van der Waals surface area contributed by atoms with Crippen molar-refractivity contribution in [1.29, 1.82) is 5.26 Å². The van der Waals surface area contributed by atoms with Gasteiger partial charge in [-0.1, -0.05) is 69.7 Å². The van der Waals surface area contributed by atoms with Gasteiger partial charge in [-0.2, -0.15) is 5.26 Å². The minimum absolute atomic E-state index is 0.00798. The number of carbonyl (C=O) groups is 1. The summed E-state index contributed by atoms with van der Waals surface area (Å²) in [6.07, 6.45) is 16.5. The number of ether oxygens (including phenoxy) is 1. The Morgan fingerprint density at radius 3 is 2.57 bits per heavy atom. The van der Waals surface area contributed by atoms with Crippen LogP contribution in [0, 0.1) is 11.3 Å². The van der Waals surface area contributed by atoms with Gasteiger partial charge in [0.2, 0.25) is 0 Å². The van der Waals surface area contributed by atoms with E-state index in [0.717, 1.165) is 23.4 Å². The molecule has 0 amide bonds. The van der Waals surface area contributed by atoms with Crippen molar-refractivity contribution in [3.8, 4) is 6.07 Å². The van der Waals surface area contributed by atoms with E-state index < -0.39 is 5.97 Å². The Hall–Kier alpha value is -2.80. The van der Waals surface area contributed by atoms with E-state index in [2.05, 4.69) is 34.9 Å². The van der Waals surface area contributed by atoms with Gasteiger partial charge in [0.05, 0.1) is 7.11 Å². The number of hydrogen-bond donors (Lipinski definition) is 0. The summed E-state index contributed by atoms with van der Waals surface area (Å²) in [5, 5.41) is 9.11. The van der Waals surface area contributed by atoms with Gasteiger partial charge in [0.15, 0.2) is 0 Å². The molecule has 4 heteroatoms. The van der Waals surface area contributed by atoms with E-state index in [4.69, 9.17) is 5.26 Å². The molecule has 0 bridgehead atoms. The molecule has 28 heavy (non-hydrogen) atoms. The smallest absolute Gasteiger partial charge is 0.348 e. The highest BCUT2D eigenvalue weighted by atomic mass is 16.5. The summed E-state index contributed by atoms with van der Waals surface area (Å²) < 4.78 is 4.63. The molecule has 0 unspecified atom stereocenters. The molecule has 148 valence electrons. The third-order valence-electron chi connectivity index (χ3n) is 4.92. The standard InChI is InChI=1S/C24H30N2O2/c1-3-4-5-6-7-8-11-17-26-18-16-20(22-12-9-10-13-23(22)26)14-15-21(19-25)24(27)28-2/h9-10,12-16,18H,3-8,11,17H2,1-2H3. The molecule has 0 radical (unpaired) electrons. The number of nitriles is 1. The largest absolute Gasteiger partial charge is 0.465 e. The predicted molar refractivity (Wildman–Crippen MR) is 115 cm³/mol. The van der Waals surface area contributed by atoms with Crippen LogP contribution in [0.3, 0.4) is 0 Å². The van der Waals surface area contributed by atoms with Gasteiger partial charge in [0.25, 0.3) is 0 Å². The highest BCUT2D eigenvalue weighted by molar-refractivity contribution is 5.94. The summed E-state index contributed by atoms with van der Waals surface area (Å²) in [4.78, 5) is 13.9. The molecule has 1 aromatic carbocycles. The number of fused-ring (bicyclic) bond motifs is 1. The molecule has 0 atom stereocenters. The van der Waals surface area contributed by atoms with Crippen LogP contribution in [-0.2, 0) is 9.53 Å². The van der Waals surface area contributed by atoms with E-state index in [1.807, 2.05) is 24.3 Å². The van der Waals surface area contributed by atoms with Crippen molar-refractivity contribution in [3.05, 3.63) is 59.8 Å². The zero-order valence-electron chi connectivity index (χ0n) is 17.0. The van der Waals surface area contributed by atoms with Crippen LogP contribution in [0.1, 0.15) is 57.4 Å². The maximum atomic E-state index is 11.6. The quantitative estimate of drug-likeness (QED) is 0.224. The number of allylic oxidation sites excluding steroid dienone is 4. The highest BCUT2D eigenvalue weighted by Crippen LogP contribution is 2.33. The summed E-state index contributed by atoms with van der Waals surface area (Å²) in [5.41, 5.74) is 3.23. The van der Waals surface area contributed by atoms with Crippen LogP contribution in [0.25, 0.3) is 5.57 Å². The van der Waals surface area contributed by atoms with Crippen molar-refractivity contribution in [2.45, 2.75) is 51.9 Å². The lowest BCUT2D eigenvalue weighted by molar-refractivity contribution is -0.135. The van der Waals surface area contributed by atoms with Crippen molar-refractivity contribution < 1.29 is 9.53 Å². The zero-order chi connectivity index (χ0) is 20.2. The molecular weight excluding hydrogens is 348 g/mol. The van der Waals surface area contributed by atoms with Crippen LogP contribution in [0.15, 0.2) is 54.3 Å². The Morgan fingerprint density at radius 2 is 1.86 bits per heavy atom. The van der Waals surface area contributed by atoms with E-state index in [1.165, 1.54) is 58.1 Å². The maximum Gasteiger partial charge on any atom is 0.348 e.